The van der Waals surface area contributed by atoms with Crippen LogP contribution in [-0.2, 0) is 6.42 Å². The zero-order chi connectivity index (χ0) is 20.1. The number of anilines is 3. The average Bonchev–Trinajstić information content (AvgIpc) is 3.15. The number of likely N-dealkylation sites (N-methyl/N-ethyl adjacent to an activating group) is 1. The first-order valence-electron chi connectivity index (χ1n) is 8.79. The summed E-state index contributed by atoms with van der Waals surface area (Å²) < 4.78 is 48.1. The van der Waals surface area contributed by atoms with Gasteiger partial charge in [-0.15, -0.1) is 5.10 Å². The van der Waals surface area contributed by atoms with Crippen molar-refractivity contribution >= 4 is 17.4 Å². The van der Waals surface area contributed by atoms with Gasteiger partial charge in [-0.05, 0) is 43.3 Å². The molecule has 0 radical (unpaired) electrons. The Labute approximate surface area is 160 Å². The van der Waals surface area contributed by atoms with Gasteiger partial charge in [0.05, 0.1) is 16.9 Å². The zero-order valence-electron chi connectivity index (χ0n) is 15.4. The summed E-state index contributed by atoms with van der Waals surface area (Å²) in [5.41, 5.74) is 0.632. The van der Waals surface area contributed by atoms with E-state index in [1.54, 1.807) is 13.1 Å². The Kier molecular flexibility index (Phi) is 6.15. The molecule has 3 aromatic rings. The van der Waals surface area contributed by atoms with E-state index in [1.165, 1.54) is 18.2 Å². The fourth-order valence-electron chi connectivity index (χ4n) is 2.56. The highest BCUT2D eigenvalue weighted by Crippen LogP contribution is 2.34. The molecule has 0 aliphatic heterocycles. The van der Waals surface area contributed by atoms with Crippen LogP contribution in [0.4, 0.5) is 30.6 Å². The summed E-state index contributed by atoms with van der Waals surface area (Å²) in [4.78, 5) is 0. The molecular weight excluding hydrogens is 371 g/mol. The number of hydrogen-bond donors (Lipinski definition) is 3. The molecule has 2 aromatic carbocycles. The van der Waals surface area contributed by atoms with Crippen molar-refractivity contribution in [3.8, 4) is 11.5 Å². The molecule has 1 heterocycles. The van der Waals surface area contributed by atoms with Crippen molar-refractivity contribution in [3.05, 3.63) is 53.3 Å². The maximum Gasteiger partial charge on any atom is 0.315 e. The monoisotopic (exact) mass is 391 g/mol. The number of nitrogens with zero attached hydrogens (tertiary/aromatic N) is 2. The van der Waals surface area contributed by atoms with Crippen molar-refractivity contribution in [1.29, 1.82) is 0 Å². The fraction of sp³-hybridized carbons (Fsp3) is 0.263. The van der Waals surface area contributed by atoms with Crippen LogP contribution in [0.3, 0.4) is 0 Å². The number of halogens is 3. The number of benzene rings is 2. The summed E-state index contributed by atoms with van der Waals surface area (Å²) >= 11 is 0. The van der Waals surface area contributed by atoms with Crippen molar-refractivity contribution in [3.63, 3.8) is 0 Å². The Hall–Kier alpha value is -3.07. The van der Waals surface area contributed by atoms with E-state index in [9.17, 15) is 13.2 Å². The van der Waals surface area contributed by atoms with E-state index in [4.69, 9.17) is 4.42 Å². The summed E-state index contributed by atoms with van der Waals surface area (Å²) in [5.74, 6) is -2.85. The molecule has 3 rings (SSSR count). The van der Waals surface area contributed by atoms with Crippen LogP contribution in [0, 0.1) is 17.5 Å². The van der Waals surface area contributed by atoms with Crippen molar-refractivity contribution in [2.24, 2.45) is 0 Å². The molecule has 0 unspecified atom stereocenters. The molecule has 0 amide bonds. The van der Waals surface area contributed by atoms with Gasteiger partial charge in [0.1, 0.15) is 5.82 Å². The Balaban J connectivity index is 1.94. The molecule has 0 spiro atoms. The lowest BCUT2D eigenvalue weighted by Crippen LogP contribution is -2.17. The molecule has 0 saturated carbocycles. The van der Waals surface area contributed by atoms with Gasteiger partial charge in [-0.1, -0.05) is 18.1 Å². The van der Waals surface area contributed by atoms with Gasteiger partial charge in [0.2, 0.25) is 0 Å². The standard InChI is InChI=1S/C19H20F3N5O/c1-3-11-4-7-15(14(21)10-11)25-17-12(5-6-13(20)16(17)22)18-26-27-19(28-18)24-9-8-23-2/h4-7,10,23,25H,3,8-9H2,1-2H3,(H,24,27). The topological polar surface area (TPSA) is 75.0 Å². The highest BCUT2D eigenvalue weighted by atomic mass is 19.2. The minimum Gasteiger partial charge on any atom is -0.403 e. The summed E-state index contributed by atoms with van der Waals surface area (Å²) in [6.45, 7) is 3.10. The predicted octanol–water partition coefficient (Wildman–Crippen LogP) is 4.09. The second kappa shape index (κ2) is 8.75. The van der Waals surface area contributed by atoms with Crippen LogP contribution >= 0.6 is 0 Å². The maximum atomic E-state index is 14.5. The number of hydrogen-bond acceptors (Lipinski definition) is 6. The Morgan fingerprint density at radius 1 is 1.00 bits per heavy atom. The first-order valence-corrected chi connectivity index (χ1v) is 8.79. The third kappa shape index (κ3) is 4.25. The maximum absolute atomic E-state index is 14.5. The van der Waals surface area contributed by atoms with Crippen LogP contribution in [0.15, 0.2) is 34.7 Å². The van der Waals surface area contributed by atoms with Crippen molar-refractivity contribution < 1.29 is 17.6 Å². The van der Waals surface area contributed by atoms with Crippen LogP contribution < -0.4 is 16.0 Å². The lowest BCUT2D eigenvalue weighted by atomic mass is 10.1. The Morgan fingerprint density at radius 3 is 2.54 bits per heavy atom. The SMILES string of the molecule is CCc1ccc(Nc2c(-c3nnc(NCCNC)o3)ccc(F)c2F)c(F)c1. The summed E-state index contributed by atoms with van der Waals surface area (Å²) in [7, 11) is 1.80. The molecule has 0 aliphatic rings. The second-order valence-corrected chi connectivity index (χ2v) is 6.02. The number of rotatable bonds is 8. The van der Waals surface area contributed by atoms with E-state index in [1.807, 2.05) is 6.92 Å². The van der Waals surface area contributed by atoms with Crippen molar-refractivity contribution in [2.75, 3.05) is 30.8 Å². The lowest BCUT2D eigenvalue weighted by molar-refractivity contribution is 0.511. The minimum atomic E-state index is -1.17. The molecule has 0 saturated heterocycles. The smallest absolute Gasteiger partial charge is 0.315 e. The Bertz CT molecular complexity index is 961. The normalized spacial score (nSPS) is 10.9. The van der Waals surface area contributed by atoms with Gasteiger partial charge in [0.25, 0.3) is 5.89 Å². The van der Waals surface area contributed by atoms with Crippen LogP contribution in [0.1, 0.15) is 12.5 Å². The molecule has 3 N–H and O–H groups in total. The minimum absolute atomic E-state index is 0.00911. The van der Waals surface area contributed by atoms with E-state index in [0.29, 0.717) is 19.5 Å². The first-order chi connectivity index (χ1) is 13.5. The van der Waals surface area contributed by atoms with Gasteiger partial charge >= 0.3 is 6.01 Å². The van der Waals surface area contributed by atoms with Gasteiger partial charge in [-0.25, -0.2) is 13.2 Å². The molecule has 0 fully saturated rings. The molecular formula is C19H20F3N5O. The van der Waals surface area contributed by atoms with Crippen LogP contribution in [0.25, 0.3) is 11.5 Å². The average molecular weight is 391 g/mol. The molecule has 28 heavy (non-hydrogen) atoms. The molecule has 0 aliphatic carbocycles. The quantitative estimate of drug-likeness (QED) is 0.502. The second-order valence-electron chi connectivity index (χ2n) is 6.02. The van der Waals surface area contributed by atoms with Crippen molar-refractivity contribution in [1.82, 2.24) is 15.5 Å². The van der Waals surface area contributed by atoms with Gasteiger partial charge in [0, 0.05) is 13.1 Å². The molecule has 9 heteroatoms. The predicted molar refractivity (Wildman–Crippen MR) is 101 cm³/mol. The summed E-state index contributed by atoms with van der Waals surface area (Å²) in [5, 5.41) is 16.2. The number of aromatic nitrogens is 2. The summed E-state index contributed by atoms with van der Waals surface area (Å²) in [6, 6.07) is 6.91. The molecule has 1 aromatic heterocycles. The number of aryl methyl sites for hydroxylation is 1. The Morgan fingerprint density at radius 2 is 1.82 bits per heavy atom. The molecule has 6 nitrogen and oxygen atoms in total. The number of nitrogens with one attached hydrogen (secondary N) is 3. The third-order valence-corrected chi connectivity index (χ3v) is 4.10. The van der Waals surface area contributed by atoms with Gasteiger partial charge in [-0.3, -0.25) is 0 Å². The van der Waals surface area contributed by atoms with E-state index < -0.39 is 17.5 Å². The van der Waals surface area contributed by atoms with Gasteiger partial charge in [-0.2, -0.15) is 0 Å². The van der Waals surface area contributed by atoms with E-state index >= 15 is 0 Å². The lowest BCUT2D eigenvalue weighted by Gasteiger charge is -2.13. The summed E-state index contributed by atoms with van der Waals surface area (Å²) in [6.07, 6.45) is 0.655. The zero-order valence-corrected chi connectivity index (χ0v) is 15.4. The van der Waals surface area contributed by atoms with Crippen molar-refractivity contribution in [2.45, 2.75) is 13.3 Å². The largest absolute Gasteiger partial charge is 0.403 e. The first kappa shape index (κ1) is 19.7. The van der Waals surface area contributed by atoms with E-state index in [0.717, 1.165) is 11.6 Å². The fourth-order valence-corrected chi connectivity index (χ4v) is 2.56. The van der Waals surface area contributed by atoms with E-state index in [2.05, 4.69) is 26.1 Å². The van der Waals surface area contributed by atoms with E-state index in [-0.39, 0.29) is 28.8 Å². The highest BCUT2D eigenvalue weighted by Gasteiger charge is 2.20. The molecule has 148 valence electrons. The van der Waals surface area contributed by atoms with Gasteiger partial charge < -0.3 is 20.4 Å². The van der Waals surface area contributed by atoms with Gasteiger partial charge in [0.15, 0.2) is 11.6 Å². The molecule has 0 bridgehead atoms. The third-order valence-electron chi connectivity index (χ3n) is 4.10. The van der Waals surface area contributed by atoms with Crippen LogP contribution in [0.2, 0.25) is 0 Å². The highest BCUT2D eigenvalue weighted by molar-refractivity contribution is 5.78. The molecule has 0 atom stereocenters. The van der Waals surface area contributed by atoms with Crippen LogP contribution in [-0.4, -0.2) is 30.3 Å². The van der Waals surface area contributed by atoms with Crippen LogP contribution in [0.5, 0.6) is 0 Å².